The summed E-state index contributed by atoms with van der Waals surface area (Å²) in [4.78, 5) is 22.8. The smallest absolute Gasteiger partial charge is 0.254 e. The van der Waals surface area contributed by atoms with Crippen LogP contribution in [-0.2, 0) is 4.74 Å². The third-order valence-corrected chi connectivity index (χ3v) is 4.13. The van der Waals surface area contributed by atoms with Crippen molar-refractivity contribution in [1.82, 2.24) is 19.3 Å². The molecule has 0 atom stereocenters. The lowest BCUT2D eigenvalue weighted by atomic mass is 10.1. The van der Waals surface area contributed by atoms with Gasteiger partial charge in [0.15, 0.2) is 11.5 Å². The number of anilines is 1. The monoisotopic (exact) mass is 323 g/mol. The van der Waals surface area contributed by atoms with E-state index in [1.54, 1.807) is 12.4 Å². The van der Waals surface area contributed by atoms with Crippen LogP contribution in [0.2, 0.25) is 0 Å². The molecule has 0 spiro atoms. The number of nitrogens with zero attached hydrogens (tertiary/aromatic N) is 4. The summed E-state index contributed by atoms with van der Waals surface area (Å²) in [7, 11) is 0. The SMILES string of the molecule is Nc1nccn2cc(-c3ccc(C(=O)N4CCOCC4)cc3)nc12. The summed E-state index contributed by atoms with van der Waals surface area (Å²) >= 11 is 0. The predicted molar refractivity (Wildman–Crippen MR) is 89.6 cm³/mol. The highest BCUT2D eigenvalue weighted by Gasteiger charge is 2.18. The molecule has 7 nitrogen and oxygen atoms in total. The van der Waals surface area contributed by atoms with Crippen LogP contribution in [0.1, 0.15) is 10.4 Å². The summed E-state index contributed by atoms with van der Waals surface area (Å²) in [5.41, 5.74) is 8.86. The minimum atomic E-state index is 0.0355. The highest BCUT2D eigenvalue weighted by atomic mass is 16.5. The van der Waals surface area contributed by atoms with E-state index in [1.165, 1.54) is 0 Å². The van der Waals surface area contributed by atoms with Gasteiger partial charge < -0.3 is 19.8 Å². The van der Waals surface area contributed by atoms with Crippen molar-refractivity contribution in [3.05, 3.63) is 48.4 Å². The molecule has 122 valence electrons. The van der Waals surface area contributed by atoms with Crippen molar-refractivity contribution in [2.75, 3.05) is 32.0 Å². The number of ether oxygens (including phenoxy) is 1. The molecule has 1 fully saturated rings. The van der Waals surface area contributed by atoms with Crippen molar-refractivity contribution in [3.8, 4) is 11.3 Å². The normalized spacial score (nSPS) is 14.9. The van der Waals surface area contributed by atoms with Gasteiger partial charge in [0.2, 0.25) is 0 Å². The van der Waals surface area contributed by atoms with Crippen molar-refractivity contribution < 1.29 is 9.53 Å². The Balaban J connectivity index is 1.60. The van der Waals surface area contributed by atoms with E-state index in [4.69, 9.17) is 10.5 Å². The van der Waals surface area contributed by atoms with Gasteiger partial charge in [-0.3, -0.25) is 4.79 Å². The van der Waals surface area contributed by atoms with Crippen LogP contribution in [0.25, 0.3) is 16.9 Å². The number of fused-ring (bicyclic) bond motifs is 1. The number of benzene rings is 1. The maximum absolute atomic E-state index is 12.5. The van der Waals surface area contributed by atoms with Gasteiger partial charge in [-0.15, -0.1) is 0 Å². The second-order valence-corrected chi connectivity index (χ2v) is 5.65. The standard InChI is InChI=1S/C17H17N5O2/c18-15-16-20-14(11-22(16)6-5-19-15)12-1-3-13(4-2-12)17(23)21-7-9-24-10-8-21/h1-6,11H,7-10H2,(H2,18,19). The number of morpholine rings is 1. The molecule has 3 heterocycles. The van der Waals surface area contributed by atoms with E-state index in [2.05, 4.69) is 9.97 Å². The van der Waals surface area contributed by atoms with Crippen molar-refractivity contribution in [1.29, 1.82) is 0 Å². The van der Waals surface area contributed by atoms with Gasteiger partial charge in [-0.1, -0.05) is 12.1 Å². The number of carbonyl (C=O) groups is 1. The summed E-state index contributed by atoms with van der Waals surface area (Å²) in [5, 5.41) is 0. The molecule has 0 bridgehead atoms. The maximum Gasteiger partial charge on any atom is 0.254 e. The van der Waals surface area contributed by atoms with E-state index in [0.29, 0.717) is 43.3 Å². The zero-order valence-electron chi connectivity index (χ0n) is 13.1. The van der Waals surface area contributed by atoms with Crippen LogP contribution < -0.4 is 5.73 Å². The molecule has 0 unspecified atom stereocenters. The number of nitrogen functional groups attached to an aromatic ring is 1. The number of hydrogen-bond donors (Lipinski definition) is 1. The number of rotatable bonds is 2. The average molecular weight is 323 g/mol. The molecule has 1 amide bonds. The Labute approximate surface area is 138 Å². The van der Waals surface area contributed by atoms with Gasteiger partial charge in [-0.05, 0) is 12.1 Å². The molecule has 3 aromatic rings. The fraction of sp³-hybridized carbons (Fsp3) is 0.235. The molecule has 0 saturated carbocycles. The lowest BCUT2D eigenvalue weighted by Crippen LogP contribution is -2.40. The molecular weight excluding hydrogens is 306 g/mol. The van der Waals surface area contributed by atoms with Crippen LogP contribution in [0, 0.1) is 0 Å². The van der Waals surface area contributed by atoms with Crippen molar-refractivity contribution >= 4 is 17.4 Å². The molecule has 0 radical (unpaired) electrons. The van der Waals surface area contributed by atoms with Gasteiger partial charge >= 0.3 is 0 Å². The zero-order chi connectivity index (χ0) is 16.5. The molecule has 1 aliphatic rings. The minimum absolute atomic E-state index is 0.0355. The third kappa shape index (κ3) is 2.59. The van der Waals surface area contributed by atoms with Crippen LogP contribution in [0.5, 0.6) is 0 Å². The van der Waals surface area contributed by atoms with Gasteiger partial charge in [-0.2, -0.15) is 0 Å². The van der Waals surface area contributed by atoms with E-state index in [-0.39, 0.29) is 5.91 Å². The number of imidazole rings is 1. The number of carbonyl (C=O) groups excluding carboxylic acids is 1. The minimum Gasteiger partial charge on any atom is -0.381 e. The molecule has 2 aromatic heterocycles. The van der Waals surface area contributed by atoms with Gasteiger partial charge in [-0.25, -0.2) is 9.97 Å². The molecule has 4 rings (SSSR count). The summed E-state index contributed by atoms with van der Waals surface area (Å²) < 4.78 is 7.12. The van der Waals surface area contributed by atoms with E-state index in [0.717, 1.165) is 11.3 Å². The van der Waals surface area contributed by atoms with Crippen molar-refractivity contribution in [2.24, 2.45) is 0 Å². The second kappa shape index (κ2) is 5.93. The van der Waals surface area contributed by atoms with Crippen LogP contribution >= 0.6 is 0 Å². The fourth-order valence-corrected chi connectivity index (χ4v) is 2.81. The number of nitrogens with two attached hydrogens (primary N) is 1. The van der Waals surface area contributed by atoms with Crippen molar-refractivity contribution in [2.45, 2.75) is 0 Å². The predicted octanol–water partition coefficient (Wildman–Crippen LogP) is 1.45. The summed E-state index contributed by atoms with van der Waals surface area (Å²) in [6, 6.07) is 7.47. The topological polar surface area (TPSA) is 85.8 Å². The highest BCUT2D eigenvalue weighted by Crippen LogP contribution is 2.21. The van der Waals surface area contributed by atoms with Gasteiger partial charge in [0.1, 0.15) is 0 Å². The molecular formula is C17H17N5O2. The Hall–Kier alpha value is -2.93. The van der Waals surface area contributed by atoms with E-state index < -0.39 is 0 Å². The number of aromatic nitrogens is 3. The van der Waals surface area contributed by atoms with E-state index >= 15 is 0 Å². The lowest BCUT2D eigenvalue weighted by molar-refractivity contribution is 0.0303. The van der Waals surface area contributed by atoms with Crippen LogP contribution in [0.15, 0.2) is 42.9 Å². The molecule has 2 N–H and O–H groups in total. The first-order valence-corrected chi connectivity index (χ1v) is 7.79. The summed E-state index contributed by atoms with van der Waals surface area (Å²) in [6.45, 7) is 2.47. The maximum atomic E-state index is 12.5. The highest BCUT2D eigenvalue weighted by molar-refractivity contribution is 5.94. The Morgan fingerprint density at radius 1 is 1.17 bits per heavy atom. The second-order valence-electron chi connectivity index (χ2n) is 5.65. The Bertz CT molecular complexity index is 882. The number of hydrogen-bond acceptors (Lipinski definition) is 5. The van der Waals surface area contributed by atoms with Crippen LogP contribution in [0.4, 0.5) is 5.82 Å². The Kier molecular flexibility index (Phi) is 3.62. The lowest BCUT2D eigenvalue weighted by Gasteiger charge is -2.26. The van der Waals surface area contributed by atoms with Gasteiger partial charge in [0.25, 0.3) is 5.91 Å². The molecule has 1 saturated heterocycles. The third-order valence-electron chi connectivity index (χ3n) is 4.13. The molecule has 24 heavy (non-hydrogen) atoms. The Morgan fingerprint density at radius 2 is 1.92 bits per heavy atom. The summed E-state index contributed by atoms with van der Waals surface area (Å²) in [5.74, 6) is 0.427. The quantitative estimate of drug-likeness (QED) is 0.771. The average Bonchev–Trinajstić information content (AvgIpc) is 3.08. The fourth-order valence-electron chi connectivity index (χ4n) is 2.81. The Morgan fingerprint density at radius 3 is 2.62 bits per heavy atom. The molecule has 0 aliphatic carbocycles. The van der Waals surface area contributed by atoms with Crippen LogP contribution in [0.3, 0.4) is 0 Å². The first-order chi connectivity index (χ1) is 11.7. The molecule has 7 heteroatoms. The first kappa shape index (κ1) is 14.6. The largest absolute Gasteiger partial charge is 0.381 e. The number of amides is 1. The molecule has 1 aromatic carbocycles. The van der Waals surface area contributed by atoms with E-state index in [1.807, 2.05) is 39.8 Å². The van der Waals surface area contributed by atoms with E-state index in [9.17, 15) is 4.79 Å². The van der Waals surface area contributed by atoms with Gasteiger partial charge in [0.05, 0.1) is 18.9 Å². The first-order valence-electron chi connectivity index (χ1n) is 7.79. The van der Waals surface area contributed by atoms with Crippen molar-refractivity contribution in [3.63, 3.8) is 0 Å². The van der Waals surface area contributed by atoms with Crippen LogP contribution in [-0.4, -0.2) is 51.5 Å². The summed E-state index contributed by atoms with van der Waals surface area (Å²) in [6.07, 6.45) is 5.34. The zero-order valence-corrected chi connectivity index (χ0v) is 13.1. The molecule has 1 aliphatic heterocycles. The van der Waals surface area contributed by atoms with Gasteiger partial charge in [0, 0.05) is 42.8 Å².